The molecule has 3 N–H and O–H groups in total. The molecule has 1 aliphatic carbocycles. The highest BCUT2D eigenvalue weighted by Crippen LogP contribution is 2.36. The normalized spacial score (nSPS) is 14.3. The highest BCUT2D eigenvalue weighted by molar-refractivity contribution is 7.13. The van der Waals surface area contributed by atoms with E-state index in [2.05, 4.69) is 79.4 Å². The Morgan fingerprint density at radius 2 is 1.82 bits per heavy atom. The van der Waals surface area contributed by atoms with Crippen LogP contribution in [-0.4, -0.2) is 26.1 Å². The van der Waals surface area contributed by atoms with Gasteiger partial charge in [0, 0.05) is 44.4 Å². The van der Waals surface area contributed by atoms with Crippen LogP contribution >= 0.6 is 11.3 Å². The average molecular weight is 518 g/mol. The maximum atomic E-state index is 12.8. The number of nitrogens with zero attached hydrogens (tertiary/aromatic N) is 2. The van der Waals surface area contributed by atoms with Crippen LogP contribution in [0.5, 0.6) is 0 Å². The van der Waals surface area contributed by atoms with E-state index in [0.29, 0.717) is 0 Å². The lowest BCUT2D eigenvalue weighted by Crippen LogP contribution is -2.24. The molecule has 0 spiro atoms. The van der Waals surface area contributed by atoms with Crippen LogP contribution < -0.4 is 5.32 Å². The van der Waals surface area contributed by atoms with Crippen molar-refractivity contribution in [3.63, 3.8) is 0 Å². The number of benzene rings is 2. The summed E-state index contributed by atoms with van der Waals surface area (Å²) in [7, 11) is 0. The third-order valence-corrected chi connectivity index (χ3v) is 8.49. The van der Waals surface area contributed by atoms with Gasteiger partial charge in [0.05, 0.1) is 23.1 Å². The number of hydrogen-bond donors (Lipinski definition) is 3. The van der Waals surface area contributed by atoms with Gasteiger partial charge in [-0.1, -0.05) is 43.5 Å². The van der Waals surface area contributed by atoms with Gasteiger partial charge in [-0.25, -0.2) is 0 Å². The third kappa shape index (κ3) is 4.19. The van der Waals surface area contributed by atoms with E-state index in [1.54, 1.807) is 17.5 Å². The number of amides is 1. The second-order valence-corrected chi connectivity index (χ2v) is 11.0. The van der Waals surface area contributed by atoms with Crippen LogP contribution in [0, 0.1) is 5.92 Å². The number of aromatic nitrogens is 4. The van der Waals surface area contributed by atoms with Gasteiger partial charge >= 0.3 is 0 Å². The van der Waals surface area contributed by atoms with Crippen LogP contribution in [0.1, 0.15) is 32.1 Å². The van der Waals surface area contributed by atoms with E-state index < -0.39 is 0 Å². The van der Waals surface area contributed by atoms with Crippen LogP contribution in [0.2, 0.25) is 0 Å². The predicted octanol–water partition coefficient (Wildman–Crippen LogP) is 8.02. The lowest BCUT2D eigenvalue weighted by Gasteiger charge is -2.20. The zero-order valence-electron chi connectivity index (χ0n) is 20.8. The van der Waals surface area contributed by atoms with Gasteiger partial charge in [0.2, 0.25) is 5.91 Å². The molecule has 2 aromatic carbocycles. The number of carbonyl (C=O) groups excluding carboxylic acids is 1. The first-order valence-corrected chi connectivity index (χ1v) is 14.0. The quantitative estimate of drug-likeness (QED) is 0.216. The Morgan fingerprint density at radius 3 is 2.68 bits per heavy atom. The van der Waals surface area contributed by atoms with Crippen LogP contribution in [0.25, 0.3) is 54.8 Å². The molecular weight excluding hydrogens is 490 g/mol. The smallest absolute Gasteiger partial charge is 0.227 e. The van der Waals surface area contributed by atoms with Crippen molar-refractivity contribution in [3.05, 3.63) is 78.4 Å². The Balaban J connectivity index is 1.23. The highest BCUT2D eigenvalue weighted by atomic mass is 32.1. The fourth-order valence-corrected chi connectivity index (χ4v) is 6.37. The summed E-state index contributed by atoms with van der Waals surface area (Å²) in [5.74, 6) is 0.214. The topological polar surface area (TPSA) is 86.5 Å². The molecular formula is C31H27N5OS. The number of H-pyrrole nitrogens is 2. The first-order valence-electron chi connectivity index (χ1n) is 13.1. The molecule has 7 heteroatoms. The van der Waals surface area contributed by atoms with E-state index in [9.17, 15) is 4.79 Å². The SMILES string of the molecule is O=C(Nc1cncc(-c2ccc3[nH]nc(-c4cc5c(-c6cccs6)cccc5[nH]4)c3c2)c1)C1CCCCC1. The van der Waals surface area contributed by atoms with Crippen molar-refractivity contribution in [2.45, 2.75) is 32.1 Å². The molecule has 0 unspecified atom stereocenters. The molecule has 0 radical (unpaired) electrons. The van der Waals surface area contributed by atoms with Gasteiger partial charge in [-0.2, -0.15) is 5.10 Å². The Morgan fingerprint density at radius 1 is 0.895 bits per heavy atom. The number of carbonyl (C=O) groups is 1. The summed E-state index contributed by atoms with van der Waals surface area (Å²) >= 11 is 1.74. The van der Waals surface area contributed by atoms with Gasteiger partial charge < -0.3 is 10.3 Å². The molecule has 0 atom stereocenters. The Kier molecular flexibility index (Phi) is 5.78. The Hall–Kier alpha value is -4.23. The van der Waals surface area contributed by atoms with Crippen molar-refractivity contribution >= 4 is 44.7 Å². The summed E-state index contributed by atoms with van der Waals surface area (Å²) in [4.78, 5) is 22.0. The van der Waals surface area contributed by atoms with Crippen molar-refractivity contribution < 1.29 is 4.79 Å². The highest BCUT2D eigenvalue weighted by Gasteiger charge is 2.21. The van der Waals surface area contributed by atoms with Crippen molar-refractivity contribution in [1.29, 1.82) is 0 Å². The second kappa shape index (κ2) is 9.58. The first kappa shape index (κ1) is 22.9. The summed E-state index contributed by atoms with van der Waals surface area (Å²) in [5.41, 5.74) is 7.85. The minimum Gasteiger partial charge on any atom is -0.353 e. The lowest BCUT2D eigenvalue weighted by molar-refractivity contribution is -0.120. The van der Waals surface area contributed by atoms with Gasteiger partial charge in [-0.15, -0.1) is 11.3 Å². The van der Waals surface area contributed by atoms with Crippen LogP contribution in [-0.2, 0) is 4.79 Å². The zero-order chi connectivity index (χ0) is 25.5. The number of aromatic amines is 2. The largest absolute Gasteiger partial charge is 0.353 e. The fraction of sp³-hybridized carbons (Fsp3) is 0.194. The summed E-state index contributed by atoms with van der Waals surface area (Å²) in [5, 5.41) is 15.3. The number of hydrogen-bond acceptors (Lipinski definition) is 4. The molecule has 1 saturated carbocycles. The fourth-order valence-electron chi connectivity index (χ4n) is 5.60. The molecule has 0 bridgehead atoms. The maximum Gasteiger partial charge on any atom is 0.227 e. The molecule has 7 rings (SSSR count). The average Bonchev–Trinajstić information content (AvgIpc) is 3.73. The number of thiophene rings is 1. The van der Waals surface area contributed by atoms with Crippen LogP contribution in [0.4, 0.5) is 5.69 Å². The number of pyridine rings is 1. The summed E-state index contributed by atoms with van der Waals surface area (Å²) in [6, 6.07) is 21.1. The molecule has 1 amide bonds. The molecule has 0 saturated heterocycles. The Bertz CT molecular complexity index is 1760. The first-order chi connectivity index (χ1) is 18.7. The number of rotatable bonds is 5. The van der Waals surface area contributed by atoms with E-state index >= 15 is 0 Å². The van der Waals surface area contributed by atoms with Crippen LogP contribution in [0.15, 0.2) is 78.4 Å². The van der Waals surface area contributed by atoms with E-state index in [4.69, 9.17) is 0 Å². The minimum absolute atomic E-state index is 0.105. The van der Waals surface area contributed by atoms with Gasteiger partial charge in [0.1, 0.15) is 5.69 Å². The Labute approximate surface area is 224 Å². The second-order valence-electron chi connectivity index (χ2n) is 10.0. The number of anilines is 1. The predicted molar refractivity (Wildman–Crippen MR) is 155 cm³/mol. The van der Waals surface area contributed by atoms with Crippen molar-refractivity contribution in [2.24, 2.45) is 5.92 Å². The standard InChI is InChI=1S/C31H27N5OS/c37-31(19-6-2-1-3-7-19)33-22-14-21(17-32-18-22)20-11-12-27-25(15-20)30(36-35-27)28-16-24-23(29-10-5-13-38-29)8-4-9-26(24)34-28/h4-5,8-19,34H,1-3,6-7H2,(H,33,37)(H,35,36). The van der Waals surface area contributed by atoms with E-state index in [0.717, 1.165) is 70.3 Å². The van der Waals surface area contributed by atoms with Crippen molar-refractivity contribution in [3.8, 4) is 33.0 Å². The van der Waals surface area contributed by atoms with Crippen molar-refractivity contribution in [1.82, 2.24) is 20.2 Å². The number of nitrogens with one attached hydrogen (secondary N) is 3. The van der Waals surface area contributed by atoms with E-state index in [1.807, 2.05) is 18.3 Å². The monoisotopic (exact) mass is 517 g/mol. The molecule has 188 valence electrons. The number of fused-ring (bicyclic) bond motifs is 2. The third-order valence-electron chi connectivity index (χ3n) is 7.58. The molecule has 4 heterocycles. The zero-order valence-corrected chi connectivity index (χ0v) is 21.6. The molecule has 4 aromatic heterocycles. The van der Waals surface area contributed by atoms with Crippen LogP contribution in [0.3, 0.4) is 0 Å². The van der Waals surface area contributed by atoms with Crippen molar-refractivity contribution in [2.75, 3.05) is 5.32 Å². The van der Waals surface area contributed by atoms with Gasteiger partial charge in [0.25, 0.3) is 0 Å². The molecule has 6 aromatic rings. The molecule has 0 aliphatic heterocycles. The molecule has 38 heavy (non-hydrogen) atoms. The molecule has 6 nitrogen and oxygen atoms in total. The minimum atomic E-state index is 0.105. The maximum absolute atomic E-state index is 12.8. The lowest BCUT2D eigenvalue weighted by atomic mass is 9.88. The van der Waals surface area contributed by atoms with Gasteiger partial charge in [-0.3, -0.25) is 14.9 Å². The van der Waals surface area contributed by atoms with E-state index in [-0.39, 0.29) is 11.8 Å². The summed E-state index contributed by atoms with van der Waals surface area (Å²) in [6.07, 6.45) is 9.01. The summed E-state index contributed by atoms with van der Waals surface area (Å²) < 4.78 is 0. The summed E-state index contributed by atoms with van der Waals surface area (Å²) in [6.45, 7) is 0. The molecule has 1 fully saturated rings. The molecule has 1 aliphatic rings. The van der Waals surface area contributed by atoms with Gasteiger partial charge in [0.15, 0.2) is 0 Å². The van der Waals surface area contributed by atoms with E-state index in [1.165, 1.54) is 22.2 Å². The van der Waals surface area contributed by atoms with Gasteiger partial charge in [-0.05, 0) is 60.2 Å².